The van der Waals surface area contributed by atoms with Crippen LogP contribution in [-0.2, 0) is 0 Å². The minimum Gasteiger partial charge on any atom is -0.361 e. The molecule has 0 aliphatic heterocycles. The number of aromatic amines is 2. The van der Waals surface area contributed by atoms with Gasteiger partial charge in [-0.05, 0) is 42.5 Å². The molecule has 2 nitrogen and oxygen atoms in total. The summed E-state index contributed by atoms with van der Waals surface area (Å²) in [6.07, 6.45) is 1.71. The molecular weight excluding hydrogens is 258 g/mol. The van der Waals surface area contributed by atoms with Crippen molar-refractivity contribution < 1.29 is 8.78 Å². The maximum atomic E-state index is 14.5. The van der Waals surface area contributed by atoms with Gasteiger partial charge in [0, 0.05) is 39.3 Å². The van der Waals surface area contributed by atoms with Crippen LogP contribution in [0.2, 0.25) is 0 Å². The first-order valence-electron chi connectivity index (χ1n) is 6.26. The molecule has 0 saturated heterocycles. The molecule has 0 saturated carbocycles. The summed E-state index contributed by atoms with van der Waals surface area (Å²) in [5.74, 6) is -0.594. The van der Waals surface area contributed by atoms with Gasteiger partial charge in [-0.25, -0.2) is 8.78 Å². The number of aromatic nitrogens is 2. The van der Waals surface area contributed by atoms with Gasteiger partial charge in [-0.3, -0.25) is 0 Å². The molecule has 0 unspecified atom stereocenters. The van der Waals surface area contributed by atoms with E-state index in [-0.39, 0.29) is 11.6 Å². The molecular formula is C16H10F2N2. The summed E-state index contributed by atoms with van der Waals surface area (Å²) >= 11 is 0. The zero-order valence-corrected chi connectivity index (χ0v) is 10.4. The lowest BCUT2D eigenvalue weighted by molar-refractivity contribution is 0.629. The first-order chi connectivity index (χ1) is 9.72. The molecule has 98 valence electrons. The molecule has 0 radical (unpaired) electrons. The van der Waals surface area contributed by atoms with Crippen LogP contribution in [0.4, 0.5) is 8.78 Å². The molecule has 2 aromatic heterocycles. The van der Waals surface area contributed by atoms with Crippen LogP contribution in [0.3, 0.4) is 0 Å². The van der Waals surface area contributed by atoms with Crippen molar-refractivity contribution in [3.05, 3.63) is 60.3 Å². The van der Waals surface area contributed by atoms with Gasteiger partial charge in [0.05, 0.1) is 0 Å². The Kier molecular flexibility index (Phi) is 2.21. The van der Waals surface area contributed by atoms with E-state index in [0.717, 1.165) is 10.9 Å². The molecule has 4 rings (SSSR count). The molecule has 2 N–H and O–H groups in total. The van der Waals surface area contributed by atoms with Crippen molar-refractivity contribution in [1.29, 1.82) is 0 Å². The highest BCUT2D eigenvalue weighted by molar-refractivity contribution is 5.90. The highest BCUT2D eigenvalue weighted by Crippen LogP contribution is 2.30. The van der Waals surface area contributed by atoms with Crippen molar-refractivity contribution in [3.8, 4) is 11.3 Å². The summed E-state index contributed by atoms with van der Waals surface area (Å²) in [7, 11) is 0. The van der Waals surface area contributed by atoms with E-state index in [4.69, 9.17) is 0 Å². The summed E-state index contributed by atoms with van der Waals surface area (Å²) in [6, 6.07) is 11.6. The smallest absolute Gasteiger partial charge is 0.141 e. The van der Waals surface area contributed by atoms with Crippen LogP contribution in [0, 0.1) is 11.6 Å². The Labute approximate surface area is 113 Å². The number of fused-ring (bicyclic) bond motifs is 2. The number of hydrogen-bond acceptors (Lipinski definition) is 0. The molecule has 0 aliphatic carbocycles. The van der Waals surface area contributed by atoms with Crippen LogP contribution < -0.4 is 0 Å². The third-order valence-electron chi connectivity index (χ3n) is 3.54. The van der Waals surface area contributed by atoms with E-state index in [2.05, 4.69) is 9.97 Å². The van der Waals surface area contributed by atoms with Gasteiger partial charge in [-0.2, -0.15) is 0 Å². The minimum atomic E-state index is -0.313. The van der Waals surface area contributed by atoms with Crippen LogP contribution >= 0.6 is 0 Å². The molecule has 0 atom stereocenters. The number of hydrogen-bond donors (Lipinski definition) is 2. The summed E-state index contributed by atoms with van der Waals surface area (Å²) in [6.45, 7) is 0. The van der Waals surface area contributed by atoms with Crippen molar-refractivity contribution >= 4 is 21.8 Å². The predicted octanol–water partition coefficient (Wildman–Crippen LogP) is 4.59. The van der Waals surface area contributed by atoms with Crippen molar-refractivity contribution in [3.63, 3.8) is 0 Å². The van der Waals surface area contributed by atoms with Gasteiger partial charge in [-0.1, -0.05) is 0 Å². The lowest BCUT2D eigenvalue weighted by atomic mass is 10.1. The number of benzene rings is 2. The monoisotopic (exact) mass is 268 g/mol. The fourth-order valence-electron chi connectivity index (χ4n) is 2.55. The second-order valence-electron chi connectivity index (χ2n) is 4.78. The highest BCUT2D eigenvalue weighted by atomic mass is 19.1. The predicted molar refractivity (Wildman–Crippen MR) is 75.5 cm³/mol. The molecule has 0 fully saturated rings. The Morgan fingerprint density at radius 3 is 2.65 bits per heavy atom. The van der Waals surface area contributed by atoms with Crippen molar-refractivity contribution in [1.82, 2.24) is 9.97 Å². The van der Waals surface area contributed by atoms with Crippen LogP contribution in [0.15, 0.2) is 48.7 Å². The summed E-state index contributed by atoms with van der Waals surface area (Å²) in [4.78, 5) is 6.03. The lowest BCUT2D eigenvalue weighted by Gasteiger charge is -2.01. The van der Waals surface area contributed by atoms with Crippen LogP contribution in [0.1, 0.15) is 0 Å². The van der Waals surface area contributed by atoms with Crippen molar-refractivity contribution in [2.45, 2.75) is 0 Å². The molecule has 2 aromatic carbocycles. The number of rotatable bonds is 1. The fourth-order valence-corrected chi connectivity index (χ4v) is 2.55. The highest BCUT2D eigenvalue weighted by Gasteiger charge is 2.12. The van der Waals surface area contributed by atoms with Gasteiger partial charge in [0.1, 0.15) is 11.6 Å². The number of H-pyrrole nitrogens is 2. The minimum absolute atomic E-state index is 0.282. The van der Waals surface area contributed by atoms with E-state index in [0.29, 0.717) is 22.2 Å². The van der Waals surface area contributed by atoms with Crippen molar-refractivity contribution in [2.24, 2.45) is 0 Å². The third kappa shape index (κ3) is 1.54. The summed E-state index contributed by atoms with van der Waals surface area (Å²) in [5.41, 5.74) is 2.54. The molecule has 4 aromatic rings. The first-order valence-corrected chi connectivity index (χ1v) is 6.26. The van der Waals surface area contributed by atoms with Gasteiger partial charge in [0.15, 0.2) is 0 Å². The number of nitrogens with one attached hydrogen (secondary N) is 2. The molecule has 0 bridgehead atoms. The molecule has 4 heteroatoms. The Bertz CT molecular complexity index is 934. The van der Waals surface area contributed by atoms with E-state index < -0.39 is 0 Å². The molecule has 20 heavy (non-hydrogen) atoms. The SMILES string of the molecule is Fc1ccc2cc(-c3ccc4[nH]ccc4c3F)[nH]c2c1. The third-order valence-corrected chi connectivity index (χ3v) is 3.54. The van der Waals surface area contributed by atoms with E-state index in [9.17, 15) is 8.78 Å². The Hall–Kier alpha value is -2.62. The molecule has 0 aliphatic rings. The Morgan fingerprint density at radius 2 is 1.75 bits per heavy atom. The van der Waals surface area contributed by atoms with E-state index in [1.165, 1.54) is 12.1 Å². The van der Waals surface area contributed by atoms with E-state index >= 15 is 0 Å². The average Bonchev–Trinajstić information content (AvgIpc) is 3.04. The van der Waals surface area contributed by atoms with Gasteiger partial charge >= 0.3 is 0 Å². The largest absolute Gasteiger partial charge is 0.361 e. The second kappa shape index (κ2) is 3.93. The zero-order valence-electron chi connectivity index (χ0n) is 10.4. The van der Waals surface area contributed by atoms with Gasteiger partial charge in [0.25, 0.3) is 0 Å². The van der Waals surface area contributed by atoms with Gasteiger partial charge < -0.3 is 9.97 Å². The standard InChI is InChI=1S/C16H10F2N2/c17-10-2-1-9-7-15(20-14(9)8-10)11-3-4-13-12(16(11)18)5-6-19-13/h1-8,19-20H. The molecule has 0 spiro atoms. The first kappa shape index (κ1) is 11.2. The Morgan fingerprint density at radius 1 is 0.850 bits per heavy atom. The number of halogens is 2. The van der Waals surface area contributed by atoms with Crippen LogP contribution in [0.25, 0.3) is 33.1 Å². The van der Waals surface area contributed by atoms with Crippen LogP contribution in [0.5, 0.6) is 0 Å². The van der Waals surface area contributed by atoms with Crippen molar-refractivity contribution in [2.75, 3.05) is 0 Å². The normalized spacial score (nSPS) is 11.5. The quantitative estimate of drug-likeness (QED) is 0.506. The topological polar surface area (TPSA) is 31.6 Å². The maximum Gasteiger partial charge on any atom is 0.141 e. The summed E-state index contributed by atoms with van der Waals surface area (Å²) < 4.78 is 27.7. The molecule has 2 heterocycles. The zero-order chi connectivity index (χ0) is 13.7. The second-order valence-corrected chi connectivity index (χ2v) is 4.78. The molecule has 0 amide bonds. The van der Waals surface area contributed by atoms with E-state index in [1.807, 2.05) is 12.1 Å². The lowest BCUT2D eigenvalue weighted by Crippen LogP contribution is -1.85. The van der Waals surface area contributed by atoms with Gasteiger partial charge in [-0.15, -0.1) is 0 Å². The fraction of sp³-hybridized carbons (Fsp3) is 0. The maximum absolute atomic E-state index is 14.5. The Balaban J connectivity index is 1.98. The van der Waals surface area contributed by atoms with Crippen LogP contribution in [-0.4, -0.2) is 9.97 Å². The van der Waals surface area contributed by atoms with E-state index in [1.54, 1.807) is 24.4 Å². The summed E-state index contributed by atoms with van der Waals surface area (Å²) in [5, 5.41) is 1.40. The van der Waals surface area contributed by atoms with Gasteiger partial charge in [0.2, 0.25) is 0 Å². The average molecular weight is 268 g/mol.